The number of hydrogen-bond donors (Lipinski definition) is 1. The Morgan fingerprint density at radius 2 is 2.15 bits per heavy atom. The Labute approximate surface area is 151 Å². The quantitative estimate of drug-likeness (QED) is 0.781. The molecule has 134 valence electrons. The summed E-state index contributed by atoms with van der Waals surface area (Å²) in [5.74, 6) is 0.808. The summed E-state index contributed by atoms with van der Waals surface area (Å²) in [6.45, 7) is 3.46. The van der Waals surface area contributed by atoms with Crippen LogP contribution in [0.15, 0.2) is 36.8 Å². The van der Waals surface area contributed by atoms with Crippen LogP contribution in [0.1, 0.15) is 34.7 Å². The number of rotatable bonds is 3. The minimum atomic E-state index is -0.00934. The molecule has 2 N–H and O–H groups in total. The maximum Gasteiger partial charge on any atom is 0.274 e. The summed E-state index contributed by atoms with van der Waals surface area (Å²) >= 11 is 0. The molecule has 0 aromatic carbocycles. The smallest absolute Gasteiger partial charge is 0.274 e. The highest BCUT2D eigenvalue weighted by Crippen LogP contribution is 2.23. The Kier molecular flexibility index (Phi) is 4.28. The van der Waals surface area contributed by atoms with Crippen molar-refractivity contribution in [2.24, 2.45) is 5.92 Å². The van der Waals surface area contributed by atoms with Gasteiger partial charge < -0.3 is 15.0 Å². The zero-order valence-corrected chi connectivity index (χ0v) is 14.8. The van der Waals surface area contributed by atoms with Gasteiger partial charge in [-0.1, -0.05) is 6.07 Å². The third-order valence-electron chi connectivity index (χ3n) is 5.01. The van der Waals surface area contributed by atoms with Crippen molar-refractivity contribution in [1.29, 1.82) is 0 Å². The lowest BCUT2D eigenvalue weighted by Gasteiger charge is -2.32. The first-order chi connectivity index (χ1) is 12.6. The fourth-order valence-electron chi connectivity index (χ4n) is 3.64. The van der Waals surface area contributed by atoms with Gasteiger partial charge in [0.25, 0.3) is 5.91 Å². The van der Waals surface area contributed by atoms with Crippen molar-refractivity contribution >= 4 is 17.4 Å². The average Bonchev–Trinajstić information content (AvgIpc) is 3.09. The van der Waals surface area contributed by atoms with Crippen LogP contribution in [0.3, 0.4) is 0 Å². The van der Waals surface area contributed by atoms with E-state index >= 15 is 0 Å². The Hall–Kier alpha value is -2.96. The number of aromatic nitrogens is 4. The monoisotopic (exact) mass is 350 g/mol. The van der Waals surface area contributed by atoms with Gasteiger partial charge >= 0.3 is 0 Å². The normalized spacial score (nSPS) is 17.6. The van der Waals surface area contributed by atoms with Crippen LogP contribution in [0.5, 0.6) is 0 Å². The van der Waals surface area contributed by atoms with Gasteiger partial charge in [0.2, 0.25) is 0 Å². The number of likely N-dealkylation sites (tertiary alicyclic amines) is 1. The molecular weight excluding hydrogens is 328 g/mol. The van der Waals surface area contributed by atoms with Crippen LogP contribution in [0.25, 0.3) is 5.65 Å². The van der Waals surface area contributed by atoms with E-state index < -0.39 is 0 Å². The molecule has 1 aliphatic heterocycles. The Balaban J connectivity index is 1.50. The number of pyridine rings is 1. The van der Waals surface area contributed by atoms with E-state index in [1.54, 1.807) is 12.4 Å². The second-order valence-corrected chi connectivity index (χ2v) is 6.87. The number of nitrogens with two attached hydrogens (primary N) is 1. The van der Waals surface area contributed by atoms with Gasteiger partial charge in [-0.2, -0.15) is 0 Å². The molecule has 1 fully saturated rings. The van der Waals surface area contributed by atoms with E-state index in [4.69, 9.17) is 5.73 Å². The van der Waals surface area contributed by atoms with Crippen LogP contribution in [-0.2, 0) is 6.42 Å². The molecule has 3 aromatic heterocycles. The summed E-state index contributed by atoms with van der Waals surface area (Å²) in [5.41, 5.74) is 9.09. The Morgan fingerprint density at radius 3 is 2.96 bits per heavy atom. The summed E-state index contributed by atoms with van der Waals surface area (Å²) in [6, 6.07) is 5.87. The van der Waals surface area contributed by atoms with Gasteiger partial charge in [-0.25, -0.2) is 9.97 Å². The van der Waals surface area contributed by atoms with Gasteiger partial charge in [0.15, 0.2) is 0 Å². The van der Waals surface area contributed by atoms with Crippen molar-refractivity contribution in [3.63, 3.8) is 0 Å². The molecule has 0 unspecified atom stereocenters. The molecule has 26 heavy (non-hydrogen) atoms. The van der Waals surface area contributed by atoms with E-state index in [9.17, 15) is 4.79 Å². The molecule has 7 nitrogen and oxygen atoms in total. The van der Waals surface area contributed by atoms with Gasteiger partial charge in [-0.05, 0) is 44.2 Å². The fraction of sp³-hybridized carbons (Fsp3) is 0.368. The van der Waals surface area contributed by atoms with Crippen molar-refractivity contribution in [2.75, 3.05) is 18.8 Å². The van der Waals surface area contributed by atoms with Crippen molar-refractivity contribution in [3.05, 3.63) is 53.9 Å². The standard InChI is InChI=1S/C19H22N6O/c1-13-4-2-6-17-23-16(12-25(13)17)19(26)24-9-3-5-14(11-24)10-15-18(20)22-8-7-21-15/h2,4,6-8,12,14H,3,5,9-11H2,1H3,(H2,20,22)/t14-/m0/s1. The number of carbonyl (C=O) groups excluding carboxylic acids is 1. The topological polar surface area (TPSA) is 89.4 Å². The lowest BCUT2D eigenvalue weighted by Crippen LogP contribution is -2.40. The van der Waals surface area contributed by atoms with Crippen molar-refractivity contribution in [1.82, 2.24) is 24.3 Å². The van der Waals surface area contributed by atoms with E-state index in [0.29, 0.717) is 24.0 Å². The maximum atomic E-state index is 12.9. The lowest BCUT2D eigenvalue weighted by atomic mass is 9.93. The van der Waals surface area contributed by atoms with Gasteiger partial charge in [0, 0.05) is 37.4 Å². The maximum absolute atomic E-state index is 12.9. The number of carbonyl (C=O) groups is 1. The summed E-state index contributed by atoms with van der Waals surface area (Å²) in [7, 11) is 0. The zero-order valence-electron chi connectivity index (χ0n) is 14.8. The molecule has 3 aromatic rings. The van der Waals surface area contributed by atoms with E-state index in [1.165, 1.54) is 0 Å². The number of nitrogen functional groups attached to an aromatic ring is 1. The Morgan fingerprint density at radius 1 is 1.31 bits per heavy atom. The highest BCUT2D eigenvalue weighted by atomic mass is 16.2. The largest absolute Gasteiger partial charge is 0.382 e. The third-order valence-corrected chi connectivity index (χ3v) is 5.01. The molecule has 4 rings (SSSR count). The fourth-order valence-corrected chi connectivity index (χ4v) is 3.64. The zero-order chi connectivity index (χ0) is 18.1. The van der Waals surface area contributed by atoms with Crippen LogP contribution in [0.2, 0.25) is 0 Å². The van der Waals surface area contributed by atoms with E-state index in [1.807, 2.05) is 40.6 Å². The molecule has 7 heteroatoms. The molecule has 0 radical (unpaired) electrons. The van der Waals surface area contributed by atoms with Crippen molar-refractivity contribution < 1.29 is 4.79 Å². The van der Waals surface area contributed by atoms with E-state index in [0.717, 1.165) is 42.8 Å². The predicted octanol–water partition coefficient (Wildman–Crippen LogP) is 2.11. The molecule has 0 bridgehead atoms. The van der Waals surface area contributed by atoms with Gasteiger partial charge in [-0.3, -0.25) is 9.78 Å². The number of hydrogen-bond acceptors (Lipinski definition) is 5. The summed E-state index contributed by atoms with van der Waals surface area (Å²) in [5, 5.41) is 0. The molecule has 1 saturated heterocycles. The first-order valence-corrected chi connectivity index (χ1v) is 8.91. The number of piperidine rings is 1. The first-order valence-electron chi connectivity index (χ1n) is 8.91. The summed E-state index contributed by atoms with van der Waals surface area (Å²) in [6.07, 6.45) is 7.87. The number of nitrogens with zero attached hydrogens (tertiary/aromatic N) is 5. The SMILES string of the molecule is Cc1cccc2nc(C(=O)N3CCC[C@@H](Cc4nccnc4N)C3)cn12. The average molecular weight is 350 g/mol. The van der Waals surface area contributed by atoms with Crippen LogP contribution in [0.4, 0.5) is 5.82 Å². The Bertz CT molecular complexity index is 950. The van der Waals surface area contributed by atoms with Crippen LogP contribution >= 0.6 is 0 Å². The molecule has 0 spiro atoms. The number of anilines is 1. The van der Waals surface area contributed by atoms with E-state index in [2.05, 4.69) is 15.0 Å². The number of imidazole rings is 1. The first kappa shape index (κ1) is 16.5. The van der Waals surface area contributed by atoms with E-state index in [-0.39, 0.29) is 5.91 Å². The minimum absolute atomic E-state index is 0.00934. The number of fused-ring (bicyclic) bond motifs is 1. The molecular formula is C19H22N6O. The molecule has 0 saturated carbocycles. The van der Waals surface area contributed by atoms with Crippen LogP contribution in [-0.4, -0.2) is 43.2 Å². The predicted molar refractivity (Wildman–Crippen MR) is 98.7 cm³/mol. The highest BCUT2D eigenvalue weighted by Gasteiger charge is 2.27. The molecule has 1 amide bonds. The van der Waals surface area contributed by atoms with Gasteiger partial charge in [0.1, 0.15) is 17.2 Å². The van der Waals surface area contributed by atoms with Crippen molar-refractivity contribution in [3.8, 4) is 0 Å². The lowest BCUT2D eigenvalue weighted by molar-refractivity contribution is 0.0667. The molecule has 1 aliphatic rings. The second kappa shape index (κ2) is 6.74. The number of amides is 1. The van der Waals surface area contributed by atoms with Crippen molar-refractivity contribution in [2.45, 2.75) is 26.2 Å². The summed E-state index contributed by atoms with van der Waals surface area (Å²) in [4.78, 5) is 27.8. The molecule has 0 aliphatic carbocycles. The van der Waals surface area contributed by atoms with Crippen LogP contribution < -0.4 is 5.73 Å². The molecule has 4 heterocycles. The highest BCUT2D eigenvalue weighted by molar-refractivity contribution is 5.93. The molecule has 1 atom stereocenters. The second-order valence-electron chi connectivity index (χ2n) is 6.87. The van der Waals surface area contributed by atoms with Gasteiger partial charge in [0.05, 0.1) is 5.69 Å². The third kappa shape index (κ3) is 3.12. The van der Waals surface area contributed by atoms with Crippen LogP contribution in [0, 0.1) is 12.8 Å². The minimum Gasteiger partial charge on any atom is -0.382 e. The summed E-state index contributed by atoms with van der Waals surface area (Å²) < 4.78 is 1.95. The van der Waals surface area contributed by atoms with Gasteiger partial charge in [-0.15, -0.1) is 0 Å². The number of aryl methyl sites for hydroxylation is 1.